The van der Waals surface area contributed by atoms with Crippen LogP contribution in [0.3, 0.4) is 0 Å². The minimum absolute atomic E-state index is 0.357. The lowest BCUT2D eigenvalue weighted by Crippen LogP contribution is -2.47. The summed E-state index contributed by atoms with van der Waals surface area (Å²) in [6.07, 6.45) is 12.0. The molecule has 1 heterocycles. The molecule has 4 saturated carbocycles. The van der Waals surface area contributed by atoms with Crippen molar-refractivity contribution < 1.29 is 4.42 Å². The Morgan fingerprint density at radius 2 is 1.85 bits per heavy atom. The van der Waals surface area contributed by atoms with E-state index < -0.39 is 0 Å². The van der Waals surface area contributed by atoms with Crippen LogP contribution >= 0.6 is 15.9 Å². The number of nitrogens with one attached hydrogen (secondary N) is 1. The van der Waals surface area contributed by atoms with Gasteiger partial charge < -0.3 is 9.73 Å². The normalized spacial score (nSPS) is 40.2. The van der Waals surface area contributed by atoms with E-state index in [1.54, 1.807) is 6.26 Å². The minimum atomic E-state index is 0.357. The summed E-state index contributed by atoms with van der Waals surface area (Å²) in [5.41, 5.74) is 0.592. The van der Waals surface area contributed by atoms with Crippen molar-refractivity contribution in [1.82, 2.24) is 5.32 Å². The van der Waals surface area contributed by atoms with Gasteiger partial charge >= 0.3 is 0 Å². The lowest BCUT2D eigenvalue weighted by Gasteiger charge is -2.57. The molecule has 1 unspecified atom stereocenters. The average Bonchev–Trinajstić information content (AvgIpc) is 2.80. The van der Waals surface area contributed by atoms with Crippen LogP contribution in [0.2, 0.25) is 0 Å². The van der Waals surface area contributed by atoms with Gasteiger partial charge in [-0.15, -0.1) is 0 Å². The Morgan fingerprint density at radius 3 is 2.30 bits per heavy atom. The molecule has 0 amide bonds. The van der Waals surface area contributed by atoms with Gasteiger partial charge in [0.25, 0.3) is 0 Å². The van der Waals surface area contributed by atoms with E-state index in [2.05, 4.69) is 28.3 Å². The van der Waals surface area contributed by atoms with Gasteiger partial charge in [0.2, 0.25) is 0 Å². The molecule has 1 aromatic rings. The maximum absolute atomic E-state index is 5.72. The van der Waals surface area contributed by atoms with Crippen LogP contribution < -0.4 is 5.32 Å². The van der Waals surface area contributed by atoms with Crippen LogP contribution in [-0.2, 0) is 0 Å². The third-order valence-electron chi connectivity index (χ3n) is 6.11. The molecule has 0 spiro atoms. The van der Waals surface area contributed by atoms with Gasteiger partial charge in [-0.05, 0) is 97.2 Å². The SMILES string of the molecule is CNC(CC12CC3CC(CC(C3)C1)C2)c1occc1Br. The van der Waals surface area contributed by atoms with Crippen LogP contribution in [0, 0.1) is 23.2 Å². The van der Waals surface area contributed by atoms with Crippen molar-refractivity contribution in [1.29, 1.82) is 0 Å². The fraction of sp³-hybridized carbons (Fsp3) is 0.765. The Bertz CT molecular complexity index is 460. The van der Waals surface area contributed by atoms with E-state index in [0.717, 1.165) is 28.0 Å². The lowest BCUT2D eigenvalue weighted by atomic mass is 9.48. The highest BCUT2D eigenvalue weighted by molar-refractivity contribution is 9.10. The molecule has 2 nitrogen and oxygen atoms in total. The molecule has 4 aliphatic rings. The third-order valence-corrected chi connectivity index (χ3v) is 6.77. The first kappa shape index (κ1) is 13.4. The average molecular weight is 338 g/mol. The van der Waals surface area contributed by atoms with Gasteiger partial charge in [0.15, 0.2) is 0 Å². The standard InChI is InChI=1S/C17H24BrNO/c1-19-15(16-14(18)2-3-20-16)10-17-7-11-4-12(8-17)6-13(5-11)9-17/h2-3,11-13,15,19H,4-10H2,1H3. The van der Waals surface area contributed by atoms with Gasteiger partial charge in [0, 0.05) is 0 Å². The summed E-state index contributed by atoms with van der Waals surface area (Å²) in [6.45, 7) is 0. The van der Waals surface area contributed by atoms with Crippen molar-refractivity contribution in [3.63, 3.8) is 0 Å². The van der Waals surface area contributed by atoms with Crippen LogP contribution in [0.4, 0.5) is 0 Å². The van der Waals surface area contributed by atoms with Crippen molar-refractivity contribution in [2.45, 2.75) is 51.0 Å². The Balaban J connectivity index is 1.57. The van der Waals surface area contributed by atoms with E-state index in [0.29, 0.717) is 11.5 Å². The molecule has 110 valence electrons. The Labute approximate surface area is 129 Å². The van der Waals surface area contributed by atoms with Crippen LogP contribution in [-0.4, -0.2) is 7.05 Å². The number of hydrogen-bond donors (Lipinski definition) is 1. The number of hydrogen-bond acceptors (Lipinski definition) is 2. The molecule has 0 saturated heterocycles. The molecule has 4 fully saturated rings. The Hall–Kier alpha value is -0.280. The van der Waals surface area contributed by atoms with Gasteiger partial charge in [-0.2, -0.15) is 0 Å². The molecule has 0 aromatic carbocycles. The molecule has 1 atom stereocenters. The van der Waals surface area contributed by atoms with Gasteiger partial charge in [-0.3, -0.25) is 0 Å². The molecule has 0 radical (unpaired) electrons. The van der Waals surface area contributed by atoms with Crippen LogP contribution in [0.5, 0.6) is 0 Å². The zero-order valence-corrected chi connectivity index (χ0v) is 13.8. The molecule has 3 heteroatoms. The predicted octanol–water partition coefficient (Wildman–Crippen LogP) is 4.91. The molecule has 4 aliphatic carbocycles. The van der Waals surface area contributed by atoms with Crippen LogP contribution in [0.25, 0.3) is 0 Å². The zero-order chi connectivity index (χ0) is 13.7. The summed E-state index contributed by atoms with van der Waals surface area (Å²) in [7, 11) is 2.07. The van der Waals surface area contributed by atoms with Crippen molar-refractivity contribution in [2.24, 2.45) is 23.2 Å². The van der Waals surface area contributed by atoms with E-state index in [1.165, 1.54) is 44.9 Å². The van der Waals surface area contributed by atoms with Gasteiger partial charge in [-0.25, -0.2) is 0 Å². The molecule has 20 heavy (non-hydrogen) atoms. The highest BCUT2D eigenvalue weighted by atomic mass is 79.9. The minimum Gasteiger partial charge on any atom is -0.466 e. The smallest absolute Gasteiger partial charge is 0.134 e. The van der Waals surface area contributed by atoms with Crippen LogP contribution in [0.1, 0.15) is 56.7 Å². The first-order valence-corrected chi connectivity index (χ1v) is 8.87. The maximum atomic E-state index is 5.72. The molecule has 1 N–H and O–H groups in total. The lowest BCUT2D eigenvalue weighted by molar-refractivity contribution is -0.0629. The summed E-state index contributed by atoms with van der Waals surface area (Å²) in [6, 6.07) is 2.37. The van der Waals surface area contributed by atoms with Gasteiger partial charge in [-0.1, -0.05) is 0 Å². The summed E-state index contributed by atoms with van der Waals surface area (Å²) < 4.78 is 6.83. The van der Waals surface area contributed by atoms with Crippen molar-refractivity contribution in [3.05, 3.63) is 22.6 Å². The molecule has 1 aromatic heterocycles. The number of halogens is 1. The Kier molecular flexibility index (Phi) is 3.26. The topological polar surface area (TPSA) is 25.2 Å². The van der Waals surface area contributed by atoms with Crippen LogP contribution in [0.15, 0.2) is 21.2 Å². The van der Waals surface area contributed by atoms with Gasteiger partial charge in [0.05, 0.1) is 16.8 Å². The third kappa shape index (κ3) is 2.18. The second-order valence-electron chi connectivity index (χ2n) is 7.60. The second-order valence-corrected chi connectivity index (χ2v) is 8.45. The summed E-state index contributed by atoms with van der Waals surface area (Å²) in [4.78, 5) is 0. The predicted molar refractivity (Wildman–Crippen MR) is 83.4 cm³/mol. The first-order valence-electron chi connectivity index (χ1n) is 8.07. The number of furan rings is 1. The number of rotatable bonds is 4. The fourth-order valence-electron chi connectivity index (χ4n) is 5.85. The fourth-order valence-corrected chi connectivity index (χ4v) is 6.33. The molecular weight excluding hydrogens is 314 g/mol. The molecule has 4 bridgehead atoms. The second kappa shape index (κ2) is 4.88. The summed E-state index contributed by atoms with van der Waals surface area (Å²) in [5, 5.41) is 3.50. The van der Waals surface area contributed by atoms with Crippen molar-refractivity contribution >= 4 is 15.9 Å². The largest absolute Gasteiger partial charge is 0.466 e. The van der Waals surface area contributed by atoms with E-state index in [4.69, 9.17) is 4.42 Å². The summed E-state index contributed by atoms with van der Waals surface area (Å²) >= 11 is 3.62. The maximum Gasteiger partial charge on any atom is 0.134 e. The van der Waals surface area contributed by atoms with E-state index in [9.17, 15) is 0 Å². The molecule has 0 aliphatic heterocycles. The van der Waals surface area contributed by atoms with Crippen molar-refractivity contribution in [2.75, 3.05) is 7.05 Å². The zero-order valence-electron chi connectivity index (χ0n) is 12.2. The monoisotopic (exact) mass is 337 g/mol. The highest BCUT2D eigenvalue weighted by Crippen LogP contribution is 2.62. The molecule has 5 rings (SSSR count). The van der Waals surface area contributed by atoms with E-state index in [-0.39, 0.29) is 0 Å². The Morgan fingerprint density at radius 1 is 1.25 bits per heavy atom. The van der Waals surface area contributed by atoms with E-state index >= 15 is 0 Å². The quantitative estimate of drug-likeness (QED) is 0.844. The van der Waals surface area contributed by atoms with Gasteiger partial charge in [0.1, 0.15) is 5.76 Å². The summed E-state index contributed by atoms with van der Waals surface area (Å²) in [5.74, 6) is 4.17. The molecular formula is C17H24BrNO. The van der Waals surface area contributed by atoms with Crippen molar-refractivity contribution in [3.8, 4) is 0 Å². The highest BCUT2D eigenvalue weighted by Gasteiger charge is 2.51. The first-order chi connectivity index (χ1) is 9.67. The van der Waals surface area contributed by atoms with E-state index in [1.807, 2.05) is 6.07 Å².